The van der Waals surface area contributed by atoms with Crippen LogP contribution in [0.1, 0.15) is 29.2 Å². The normalized spacial score (nSPS) is 25.2. The van der Waals surface area contributed by atoms with Crippen molar-refractivity contribution < 1.29 is 4.74 Å². The summed E-state index contributed by atoms with van der Waals surface area (Å²) in [6, 6.07) is 0. The summed E-state index contributed by atoms with van der Waals surface area (Å²) < 4.78 is 7.29. The van der Waals surface area contributed by atoms with E-state index in [-0.39, 0.29) is 5.60 Å². The Bertz CT molecular complexity index is 498. The largest absolute Gasteiger partial charge is 0.486 e. The molecule has 2 aliphatic heterocycles. The van der Waals surface area contributed by atoms with Gasteiger partial charge in [0.2, 0.25) is 0 Å². The van der Waals surface area contributed by atoms with E-state index in [9.17, 15) is 0 Å². The minimum absolute atomic E-state index is 0.00218. The third-order valence-corrected chi connectivity index (χ3v) is 5.69. The number of benzene rings is 1. The van der Waals surface area contributed by atoms with Crippen LogP contribution < -0.4 is 10.1 Å². The first-order chi connectivity index (χ1) is 8.06. The molecule has 2 heterocycles. The van der Waals surface area contributed by atoms with Crippen LogP contribution in [0.5, 0.6) is 5.75 Å². The van der Waals surface area contributed by atoms with Crippen LogP contribution in [0, 0.1) is 13.8 Å². The topological polar surface area (TPSA) is 21.3 Å². The van der Waals surface area contributed by atoms with Crippen LogP contribution in [0.2, 0.25) is 0 Å². The summed E-state index contributed by atoms with van der Waals surface area (Å²) in [7, 11) is 0. The molecule has 1 aromatic rings. The van der Waals surface area contributed by atoms with Gasteiger partial charge in [0.15, 0.2) is 0 Å². The molecule has 2 aliphatic rings. The van der Waals surface area contributed by atoms with Gasteiger partial charge in [0.05, 0.1) is 0 Å². The minimum Gasteiger partial charge on any atom is -0.486 e. The maximum Gasteiger partial charge on any atom is 0.127 e. The molecule has 1 aromatic carbocycles. The van der Waals surface area contributed by atoms with Crippen molar-refractivity contribution in [3.63, 3.8) is 0 Å². The molecular formula is C14H18INO. The molecule has 0 amide bonds. The lowest BCUT2D eigenvalue weighted by atomic mass is 9.92. The molecule has 0 saturated heterocycles. The van der Waals surface area contributed by atoms with Crippen molar-refractivity contribution in [2.75, 3.05) is 16.3 Å². The lowest BCUT2D eigenvalue weighted by molar-refractivity contribution is 0.146. The molecule has 2 nitrogen and oxygen atoms in total. The molecule has 0 aliphatic carbocycles. The minimum atomic E-state index is -0.00218. The number of alkyl halides is 1. The van der Waals surface area contributed by atoms with Gasteiger partial charge in [-0.15, -0.1) is 0 Å². The molecule has 0 spiro atoms. The van der Waals surface area contributed by atoms with Crippen LogP contribution in [0.4, 0.5) is 5.69 Å². The molecule has 1 N–H and O–H groups in total. The molecule has 3 heteroatoms. The second kappa shape index (κ2) is 3.77. The summed E-state index contributed by atoms with van der Waals surface area (Å²) in [6.45, 7) is 7.69. The highest BCUT2D eigenvalue weighted by Gasteiger charge is 2.38. The Morgan fingerprint density at radius 1 is 1.29 bits per heavy atom. The van der Waals surface area contributed by atoms with Gasteiger partial charge < -0.3 is 10.1 Å². The summed E-state index contributed by atoms with van der Waals surface area (Å²) in [5, 5.41) is 3.53. The van der Waals surface area contributed by atoms with Crippen LogP contribution >= 0.6 is 22.6 Å². The highest BCUT2D eigenvalue weighted by molar-refractivity contribution is 14.1. The Kier molecular flexibility index (Phi) is 2.58. The first-order valence-electron chi connectivity index (χ1n) is 6.19. The summed E-state index contributed by atoms with van der Waals surface area (Å²) in [5.41, 5.74) is 7.04. The van der Waals surface area contributed by atoms with Gasteiger partial charge in [-0.2, -0.15) is 0 Å². The van der Waals surface area contributed by atoms with E-state index in [4.69, 9.17) is 4.74 Å². The monoisotopic (exact) mass is 343 g/mol. The van der Waals surface area contributed by atoms with Gasteiger partial charge in [0.1, 0.15) is 11.4 Å². The van der Waals surface area contributed by atoms with E-state index in [0.29, 0.717) is 0 Å². The van der Waals surface area contributed by atoms with Crippen LogP contribution in [0.3, 0.4) is 0 Å². The van der Waals surface area contributed by atoms with Crippen LogP contribution in [0.15, 0.2) is 0 Å². The molecular weight excluding hydrogens is 325 g/mol. The fourth-order valence-electron chi connectivity index (χ4n) is 2.98. The van der Waals surface area contributed by atoms with Crippen molar-refractivity contribution >= 4 is 28.3 Å². The van der Waals surface area contributed by atoms with E-state index >= 15 is 0 Å². The third-order valence-electron chi connectivity index (χ3n) is 4.08. The number of nitrogens with one attached hydrogen (secondary N) is 1. The van der Waals surface area contributed by atoms with Crippen molar-refractivity contribution in [3.05, 3.63) is 22.3 Å². The van der Waals surface area contributed by atoms with Crippen LogP contribution in [-0.4, -0.2) is 16.6 Å². The number of hydrogen-bond acceptors (Lipinski definition) is 2. The van der Waals surface area contributed by atoms with Gasteiger partial charge in [-0.05, 0) is 43.9 Å². The Hall–Kier alpha value is -0.450. The van der Waals surface area contributed by atoms with Crippen LogP contribution in [-0.2, 0) is 12.8 Å². The maximum absolute atomic E-state index is 6.25. The second-order valence-corrected chi connectivity index (χ2v) is 6.21. The summed E-state index contributed by atoms with van der Waals surface area (Å²) >= 11 is 2.43. The molecule has 1 unspecified atom stereocenters. The standard InChI is InChI=1S/C14H18INO/c1-8-9(2)13-11(6-14(3,7-15)17-13)10-4-5-16-12(8)10/h16H,4-7H2,1-3H3. The fraction of sp³-hybridized carbons (Fsp3) is 0.571. The average molecular weight is 343 g/mol. The van der Waals surface area contributed by atoms with E-state index < -0.39 is 0 Å². The maximum atomic E-state index is 6.25. The number of hydrogen-bond donors (Lipinski definition) is 1. The summed E-state index contributed by atoms with van der Waals surface area (Å²) in [6.07, 6.45) is 2.22. The van der Waals surface area contributed by atoms with Crippen molar-refractivity contribution in [1.29, 1.82) is 0 Å². The zero-order valence-corrected chi connectivity index (χ0v) is 12.8. The van der Waals surface area contributed by atoms with Crippen molar-refractivity contribution in [2.45, 2.75) is 39.2 Å². The number of halogens is 1. The Labute approximate surface area is 116 Å². The van der Waals surface area contributed by atoms with E-state index in [1.807, 2.05) is 0 Å². The van der Waals surface area contributed by atoms with Gasteiger partial charge in [0.25, 0.3) is 0 Å². The van der Waals surface area contributed by atoms with E-state index in [1.165, 1.54) is 33.7 Å². The molecule has 0 saturated carbocycles. The smallest absolute Gasteiger partial charge is 0.127 e. The molecule has 92 valence electrons. The van der Waals surface area contributed by atoms with Gasteiger partial charge in [0, 0.05) is 28.6 Å². The molecule has 0 fully saturated rings. The summed E-state index contributed by atoms with van der Waals surface area (Å²) in [4.78, 5) is 0. The SMILES string of the molecule is Cc1c(C)c2c(c3c1NCC3)CC(C)(CI)O2. The van der Waals surface area contributed by atoms with Crippen molar-refractivity contribution in [3.8, 4) is 5.75 Å². The lowest BCUT2D eigenvalue weighted by Gasteiger charge is -2.21. The Morgan fingerprint density at radius 3 is 2.76 bits per heavy atom. The van der Waals surface area contributed by atoms with Crippen molar-refractivity contribution in [2.24, 2.45) is 0 Å². The summed E-state index contributed by atoms with van der Waals surface area (Å²) in [5.74, 6) is 1.17. The predicted molar refractivity (Wildman–Crippen MR) is 79.7 cm³/mol. The lowest BCUT2D eigenvalue weighted by Crippen LogP contribution is -2.31. The first-order valence-corrected chi connectivity index (χ1v) is 7.72. The zero-order valence-electron chi connectivity index (χ0n) is 10.6. The molecule has 17 heavy (non-hydrogen) atoms. The third kappa shape index (κ3) is 1.58. The quantitative estimate of drug-likeness (QED) is 0.623. The molecule has 3 rings (SSSR count). The Morgan fingerprint density at radius 2 is 2.06 bits per heavy atom. The fourth-order valence-corrected chi connectivity index (χ4v) is 3.41. The molecule has 0 aromatic heterocycles. The van der Waals surface area contributed by atoms with Gasteiger partial charge in [-0.3, -0.25) is 0 Å². The Balaban J connectivity index is 2.20. The number of ether oxygens (including phenoxy) is 1. The van der Waals surface area contributed by atoms with Crippen molar-refractivity contribution in [1.82, 2.24) is 0 Å². The van der Waals surface area contributed by atoms with Gasteiger partial charge in [-0.1, -0.05) is 22.6 Å². The zero-order chi connectivity index (χ0) is 12.2. The number of fused-ring (bicyclic) bond motifs is 3. The van der Waals surface area contributed by atoms with E-state index in [0.717, 1.165) is 23.8 Å². The van der Waals surface area contributed by atoms with Gasteiger partial charge in [-0.25, -0.2) is 0 Å². The van der Waals surface area contributed by atoms with Gasteiger partial charge >= 0.3 is 0 Å². The second-order valence-electron chi connectivity index (χ2n) is 5.45. The highest BCUT2D eigenvalue weighted by atomic mass is 127. The molecule has 1 atom stereocenters. The molecule has 0 radical (unpaired) electrons. The van der Waals surface area contributed by atoms with E-state index in [2.05, 4.69) is 48.7 Å². The number of anilines is 1. The highest BCUT2D eigenvalue weighted by Crippen LogP contribution is 2.46. The van der Waals surface area contributed by atoms with Crippen LogP contribution in [0.25, 0.3) is 0 Å². The first kappa shape index (κ1) is 11.6. The average Bonchev–Trinajstić information content (AvgIpc) is 2.90. The molecule has 0 bridgehead atoms. The number of rotatable bonds is 1. The van der Waals surface area contributed by atoms with E-state index in [1.54, 1.807) is 0 Å². The predicted octanol–water partition coefficient (Wildman–Crippen LogP) is 3.40.